The molecule has 0 N–H and O–H groups in total. The van der Waals surface area contributed by atoms with Gasteiger partial charge in [-0.25, -0.2) is 0 Å². The van der Waals surface area contributed by atoms with Gasteiger partial charge in [0.2, 0.25) is 0 Å². The molecule has 4 rings (SSSR count). The minimum atomic E-state index is 0.676. The second kappa shape index (κ2) is 6.47. The molecule has 4 aromatic rings. The van der Waals surface area contributed by atoms with Crippen molar-refractivity contribution in [1.29, 1.82) is 5.26 Å². The zero-order valence-electron chi connectivity index (χ0n) is 11.8. The van der Waals surface area contributed by atoms with E-state index in [0.717, 1.165) is 10.9 Å². The monoisotopic (exact) mass is 283 g/mol. The van der Waals surface area contributed by atoms with Gasteiger partial charge in [0.1, 0.15) is 0 Å². The molecular formula is C19H13N3. The standard InChI is InChI=1S/C10H6N2.C9H7N/c11-7-8-3-4-10-9(6-8)2-1-5-12-10;1-2-4-9-7-10-6-5-8(9)3-1/h1-6H;1-7H. The molecule has 104 valence electrons. The fourth-order valence-corrected chi connectivity index (χ4v) is 2.17. The molecule has 2 aromatic carbocycles. The van der Waals surface area contributed by atoms with E-state index in [4.69, 9.17) is 5.26 Å². The maximum absolute atomic E-state index is 8.63. The van der Waals surface area contributed by atoms with Crippen LogP contribution in [0.4, 0.5) is 0 Å². The van der Waals surface area contributed by atoms with Gasteiger partial charge in [-0.15, -0.1) is 0 Å². The van der Waals surface area contributed by atoms with Crippen LogP contribution in [0.1, 0.15) is 5.56 Å². The van der Waals surface area contributed by atoms with E-state index in [-0.39, 0.29) is 0 Å². The van der Waals surface area contributed by atoms with Gasteiger partial charge in [0, 0.05) is 24.0 Å². The predicted molar refractivity (Wildman–Crippen MR) is 88.2 cm³/mol. The SMILES string of the molecule is N#Cc1ccc2ncccc2c1.c1ccc2cnccc2c1. The third-order valence-electron chi connectivity index (χ3n) is 3.28. The van der Waals surface area contributed by atoms with Gasteiger partial charge in [-0.05, 0) is 41.1 Å². The molecule has 0 atom stereocenters. The highest BCUT2D eigenvalue weighted by molar-refractivity contribution is 5.81. The topological polar surface area (TPSA) is 49.6 Å². The van der Waals surface area contributed by atoms with Crippen molar-refractivity contribution in [3.63, 3.8) is 0 Å². The first kappa shape index (κ1) is 13.7. The largest absolute Gasteiger partial charge is 0.264 e. The van der Waals surface area contributed by atoms with E-state index < -0.39 is 0 Å². The molecule has 0 radical (unpaired) electrons. The van der Waals surface area contributed by atoms with Gasteiger partial charge >= 0.3 is 0 Å². The first-order valence-corrected chi connectivity index (χ1v) is 6.90. The van der Waals surface area contributed by atoms with Crippen molar-refractivity contribution in [1.82, 2.24) is 9.97 Å². The maximum atomic E-state index is 8.63. The Morgan fingerprint density at radius 1 is 0.773 bits per heavy atom. The minimum absolute atomic E-state index is 0.676. The summed E-state index contributed by atoms with van der Waals surface area (Å²) >= 11 is 0. The Balaban J connectivity index is 0.000000133. The van der Waals surface area contributed by atoms with Gasteiger partial charge in [0.15, 0.2) is 0 Å². The van der Waals surface area contributed by atoms with Crippen LogP contribution in [0.5, 0.6) is 0 Å². The summed E-state index contributed by atoms with van der Waals surface area (Å²) in [6.07, 6.45) is 5.42. The summed E-state index contributed by atoms with van der Waals surface area (Å²) in [6.45, 7) is 0. The number of nitrogens with zero attached hydrogens (tertiary/aromatic N) is 3. The second-order valence-corrected chi connectivity index (χ2v) is 4.75. The molecular weight excluding hydrogens is 270 g/mol. The van der Waals surface area contributed by atoms with E-state index in [1.165, 1.54) is 10.8 Å². The van der Waals surface area contributed by atoms with Crippen LogP contribution in [0.2, 0.25) is 0 Å². The molecule has 2 aromatic heterocycles. The fraction of sp³-hybridized carbons (Fsp3) is 0. The number of pyridine rings is 2. The number of rotatable bonds is 0. The van der Waals surface area contributed by atoms with Gasteiger partial charge < -0.3 is 0 Å². The number of nitriles is 1. The van der Waals surface area contributed by atoms with Gasteiger partial charge in [-0.3, -0.25) is 9.97 Å². The van der Waals surface area contributed by atoms with Gasteiger partial charge in [0.25, 0.3) is 0 Å². The molecule has 3 heteroatoms. The highest BCUT2D eigenvalue weighted by Crippen LogP contribution is 2.12. The highest BCUT2D eigenvalue weighted by Gasteiger charge is 1.93. The van der Waals surface area contributed by atoms with Crippen molar-refractivity contribution in [2.45, 2.75) is 0 Å². The van der Waals surface area contributed by atoms with E-state index in [1.807, 2.05) is 54.9 Å². The van der Waals surface area contributed by atoms with E-state index in [1.54, 1.807) is 12.3 Å². The number of aromatic nitrogens is 2. The van der Waals surface area contributed by atoms with Gasteiger partial charge in [-0.1, -0.05) is 30.3 Å². The number of fused-ring (bicyclic) bond motifs is 2. The van der Waals surface area contributed by atoms with E-state index in [9.17, 15) is 0 Å². The molecule has 0 spiro atoms. The van der Waals surface area contributed by atoms with E-state index in [0.29, 0.717) is 5.56 Å². The Hall–Kier alpha value is -3.25. The molecule has 0 aliphatic heterocycles. The van der Waals surface area contributed by atoms with Crippen molar-refractivity contribution >= 4 is 21.7 Å². The minimum Gasteiger partial charge on any atom is -0.264 e. The Kier molecular flexibility index (Phi) is 4.03. The summed E-state index contributed by atoms with van der Waals surface area (Å²) in [5.74, 6) is 0. The van der Waals surface area contributed by atoms with Crippen LogP contribution in [0, 0.1) is 11.3 Å². The average molecular weight is 283 g/mol. The molecule has 0 saturated heterocycles. The Bertz CT molecular complexity index is 889. The van der Waals surface area contributed by atoms with Crippen LogP contribution in [-0.4, -0.2) is 9.97 Å². The summed E-state index contributed by atoms with van der Waals surface area (Å²) in [6, 6.07) is 21.6. The molecule has 22 heavy (non-hydrogen) atoms. The normalized spacial score (nSPS) is 9.77. The number of hydrogen-bond acceptors (Lipinski definition) is 3. The summed E-state index contributed by atoms with van der Waals surface area (Å²) in [5, 5.41) is 12.1. The molecule has 0 aliphatic carbocycles. The van der Waals surface area contributed by atoms with Crippen molar-refractivity contribution < 1.29 is 0 Å². The summed E-state index contributed by atoms with van der Waals surface area (Å²) in [7, 11) is 0. The average Bonchev–Trinajstić information content (AvgIpc) is 2.62. The van der Waals surface area contributed by atoms with Crippen LogP contribution in [0.3, 0.4) is 0 Å². The quantitative estimate of drug-likeness (QED) is 0.482. The van der Waals surface area contributed by atoms with Crippen molar-refractivity contribution in [2.24, 2.45) is 0 Å². The zero-order valence-corrected chi connectivity index (χ0v) is 11.8. The molecule has 0 unspecified atom stereocenters. The van der Waals surface area contributed by atoms with E-state index in [2.05, 4.69) is 28.2 Å². The van der Waals surface area contributed by atoms with Crippen LogP contribution < -0.4 is 0 Å². The Morgan fingerprint density at radius 3 is 2.41 bits per heavy atom. The molecule has 0 amide bonds. The first-order chi connectivity index (χ1) is 10.9. The van der Waals surface area contributed by atoms with Crippen molar-refractivity contribution in [3.05, 3.63) is 84.8 Å². The van der Waals surface area contributed by atoms with Crippen molar-refractivity contribution in [3.8, 4) is 6.07 Å². The first-order valence-electron chi connectivity index (χ1n) is 6.90. The zero-order chi connectivity index (χ0) is 15.2. The Morgan fingerprint density at radius 2 is 1.59 bits per heavy atom. The van der Waals surface area contributed by atoms with E-state index >= 15 is 0 Å². The van der Waals surface area contributed by atoms with Crippen LogP contribution in [0.15, 0.2) is 79.3 Å². The third kappa shape index (κ3) is 3.08. The molecule has 3 nitrogen and oxygen atoms in total. The predicted octanol–water partition coefficient (Wildman–Crippen LogP) is 4.34. The third-order valence-corrected chi connectivity index (χ3v) is 3.28. The summed E-state index contributed by atoms with van der Waals surface area (Å²) in [4.78, 5) is 8.16. The van der Waals surface area contributed by atoms with Gasteiger partial charge in [-0.2, -0.15) is 5.26 Å². The lowest BCUT2D eigenvalue weighted by Gasteiger charge is -1.94. The lowest BCUT2D eigenvalue weighted by Crippen LogP contribution is -1.78. The summed E-state index contributed by atoms with van der Waals surface area (Å²) in [5.41, 5.74) is 1.60. The van der Waals surface area contributed by atoms with Crippen LogP contribution in [-0.2, 0) is 0 Å². The smallest absolute Gasteiger partial charge is 0.0991 e. The Labute approximate surface area is 128 Å². The lowest BCUT2D eigenvalue weighted by molar-refractivity contribution is 1.36. The molecule has 0 saturated carbocycles. The molecule has 0 fully saturated rings. The van der Waals surface area contributed by atoms with Crippen LogP contribution in [0.25, 0.3) is 21.7 Å². The maximum Gasteiger partial charge on any atom is 0.0991 e. The summed E-state index contributed by atoms with van der Waals surface area (Å²) < 4.78 is 0. The molecule has 0 aliphatic rings. The van der Waals surface area contributed by atoms with Gasteiger partial charge in [0.05, 0.1) is 17.1 Å². The number of hydrogen-bond donors (Lipinski definition) is 0. The highest BCUT2D eigenvalue weighted by atomic mass is 14.6. The lowest BCUT2D eigenvalue weighted by atomic mass is 10.1. The molecule has 0 bridgehead atoms. The molecule has 2 heterocycles. The fourth-order valence-electron chi connectivity index (χ4n) is 2.17. The second-order valence-electron chi connectivity index (χ2n) is 4.75. The number of benzene rings is 2. The van der Waals surface area contributed by atoms with Crippen LogP contribution >= 0.6 is 0 Å². The van der Waals surface area contributed by atoms with Crippen molar-refractivity contribution in [2.75, 3.05) is 0 Å².